The van der Waals surface area contributed by atoms with Gasteiger partial charge in [-0.1, -0.05) is 44.2 Å². The zero-order valence-electron chi connectivity index (χ0n) is 10.7. The van der Waals surface area contributed by atoms with Gasteiger partial charge in [-0.25, -0.2) is 0 Å². The van der Waals surface area contributed by atoms with Gasteiger partial charge >= 0.3 is 0 Å². The number of hydrogen-bond donors (Lipinski definition) is 2. The van der Waals surface area contributed by atoms with Crippen molar-refractivity contribution in [1.29, 1.82) is 0 Å². The minimum Gasteiger partial charge on any atom is -0.323 e. The number of carbonyl (C=O) groups excluding carboxylic acids is 1. The normalized spacial score (nSPS) is 10.1. The van der Waals surface area contributed by atoms with Gasteiger partial charge in [0, 0.05) is 0 Å². The molecule has 0 heterocycles. The van der Waals surface area contributed by atoms with Gasteiger partial charge in [-0.15, -0.1) is 0 Å². The summed E-state index contributed by atoms with van der Waals surface area (Å²) in [5.74, 6) is 0. The van der Waals surface area contributed by atoms with Crippen molar-refractivity contribution in [3.63, 3.8) is 0 Å². The van der Waals surface area contributed by atoms with Gasteiger partial charge in [-0.3, -0.25) is 0 Å². The Kier molecular flexibility index (Phi) is 14.9. The largest absolute Gasteiger partial charge is 0.323 e. The molecule has 1 rings (SSSR count). The molecule has 0 amide bonds. The summed E-state index contributed by atoms with van der Waals surface area (Å²) in [7, 11) is 3.75. The summed E-state index contributed by atoms with van der Waals surface area (Å²) in [6.07, 6.45) is 1.40. The number of carbonyl (C=O) groups is 1. The fourth-order valence-corrected chi connectivity index (χ4v) is 0.934. The molecular formula is C13H24N2O. The number of nitrogens with two attached hydrogens (primary N) is 1. The van der Waals surface area contributed by atoms with Gasteiger partial charge in [0.2, 0.25) is 0 Å². The molecule has 0 aromatic heterocycles. The maximum absolute atomic E-state index is 10.2. The van der Waals surface area contributed by atoms with Gasteiger partial charge in [0.1, 0.15) is 6.29 Å². The average molecular weight is 224 g/mol. The summed E-state index contributed by atoms with van der Waals surface area (Å²) in [4.78, 5) is 10.2. The molecule has 1 aromatic rings. The molecule has 0 saturated heterocycles. The van der Waals surface area contributed by atoms with E-state index in [0.717, 1.165) is 11.8 Å². The lowest BCUT2D eigenvalue weighted by atomic mass is 10.1. The van der Waals surface area contributed by atoms with Crippen molar-refractivity contribution in [3.8, 4) is 0 Å². The molecule has 92 valence electrons. The lowest BCUT2D eigenvalue weighted by molar-refractivity contribution is -0.108. The number of nitrogens with one attached hydrogen (secondary N) is 1. The topological polar surface area (TPSA) is 55.1 Å². The van der Waals surface area contributed by atoms with E-state index < -0.39 is 0 Å². The van der Waals surface area contributed by atoms with Gasteiger partial charge < -0.3 is 15.8 Å². The first-order valence-electron chi connectivity index (χ1n) is 5.57. The molecule has 0 aliphatic rings. The molecule has 0 fully saturated rings. The van der Waals surface area contributed by atoms with E-state index in [1.165, 1.54) is 0 Å². The first-order chi connectivity index (χ1) is 7.74. The summed E-state index contributed by atoms with van der Waals surface area (Å²) in [6, 6.07) is 9.37. The molecule has 0 spiro atoms. The fraction of sp³-hybridized carbons (Fsp3) is 0.462. The van der Waals surface area contributed by atoms with Crippen LogP contribution in [0.1, 0.15) is 19.4 Å². The van der Waals surface area contributed by atoms with E-state index in [1.807, 2.05) is 58.3 Å². The lowest BCUT2D eigenvalue weighted by Crippen LogP contribution is -2.23. The van der Waals surface area contributed by atoms with E-state index >= 15 is 0 Å². The van der Waals surface area contributed by atoms with E-state index in [2.05, 4.69) is 5.32 Å². The highest BCUT2D eigenvalue weighted by atomic mass is 16.1. The van der Waals surface area contributed by atoms with Crippen LogP contribution in [0.25, 0.3) is 0 Å². The summed E-state index contributed by atoms with van der Waals surface area (Å²) in [5, 5.41) is 2.75. The molecule has 0 radical (unpaired) electrons. The van der Waals surface area contributed by atoms with Crippen LogP contribution in [0.2, 0.25) is 0 Å². The molecule has 3 N–H and O–H groups in total. The van der Waals surface area contributed by atoms with Crippen LogP contribution in [-0.2, 0) is 11.2 Å². The van der Waals surface area contributed by atoms with Gasteiger partial charge in [0.25, 0.3) is 0 Å². The van der Waals surface area contributed by atoms with Gasteiger partial charge in [0.15, 0.2) is 0 Å². The molecular weight excluding hydrogens is 200 g/mol. The molecule has 1 aromatic carbocycles. The van der Waals surface area contributed by atoms with E-state index in [4.69, 9.17) is 5.73 Å². The van der Waals surface area contributed by atoms with Gasteiger partial charge in [0.05, 0.1) is 6.04 Å². The lowest BCUT2D eigenvalue weighted by Gasteiger charge is -2.02. The predicted octanol–water partition coefficient (Wildman–Crippen LogP) is 1.62. The van der Waals surface area contributed by atoms with Crippen LogP contribution in [0.5, 0.6) is 0 Å². The zero-order chi connectivity index (χ0) is 12.8. The highest BCUT2D eigenvalue weighted by Gasteiger charge is 1.99. The van der Waals surface area contributed by atoms with Crippen molar-refractivity contribution in [1.82, 2.24) is 5.32 Å². The number of hydrogen-bond acceptors (Lipinski definition) is 3. The fourth-order valence-electron chi connectivity index (χ4n) is 0.934. The molecule has 1 atom stereocenters. The Morgan fingerprint density at radius 2 is 1.69 bits per heavy atom. The number of benzene rings is 1. The van der Waals surface area contributed by atoms with Crippen molar-refractivity contribution in [3.05, 3.63) is 35.9 Å². The first-order valence-corrected chi connectivity index (χ1v) is 5.57. The molecule has 0 saturated carbocycles. The average Bonchev–Trinajstić information content (AvgIpc) is 2.34. The molecule has 1 unspecified atom stereocenters. The Morgan fingerprint density at radius 1 is 1.25 bits per heavy atom. The minimum absolute atomic E-state index is 0.364. The van der Waals surface area contributed by atoms with Crippen LogP contribution < -0.4 is 11.1 Å². The van der Waals surface area contributed by atoms with Crippen LogP contribution in [0.3, 0.4) is 0 Å². The predicted molar refractivity (Wildman–Crippen MR) is 70.5 cm³/mol. The van der Waals surface area contributed by atoms with Crippen molar-refractivity contribution in [2.24, 2.45) is 5.73 Å². The molecule has 0 bridgehead atoms. The SMILES string of the molecule is CC.CNC.NC(C=O)Cc1ccccc1. The summed E-state index contributed by atoms with van der Waals surface area (Å²) >= 11 is 0. The summed E-state index contributed by atoms with van der Waals surface area (Å²) in [5.41, 5.74) is 6.54. The van der Waals surface area contributed by atoms with Crippen molar-refractivity contribution in [2.75, 3.05) is 14.1 Å². The smallest absolute Gasteiger partial charge is 0.137 e. The van der Waals surface area contributed by atoms with Crippen molar-refractivity contribution >= 4 is 6.29 Å². The Balaban J connectivity index is 0. The van der Waals surface area contributed by atoms with Gasteiger partial charge in [-0.05, 0) is 26.1 Å². The van der Waals surface area contributed by atoms with E-state index in [9.17, 15) is 4.79 Å². The number of rotatable bonds is 3. The third-order valence-corrected chi connectivity index (χ3v) is 1.49. The van der Waals surface area contributed by atoms with Crippen LogP contribution in [-0.4, -0.2) is 26.4 Å². The van der Waals surface area contributed by atoms with Crippen molar-refractivity contribution < 1.29 is 4.79 Å². The third kappa shape index (κ3) is 10.9. The van der Waals surface area contributed by atoms with E-state index in [0.29, 0.717) is 6.42 Å². The Morgan fingerprint density at radius 3 is 2.06 bits per heavy atom. The van der Waals surface area contributed by atoms with Crippen LogP contribution in [0, 0.1) is 0 Å². The molecule has 3 heteroatoms. The maximum atomic E-state index is 10.2. The first kappa shape index (κ1) is 17.2. The van der Waals surface area contributed by atoms with Crippen molar-refractivity contribution in [2.45, 2.75) is 26.3 Å². The molecule has 16 heavy (non-hydrogen) atoms. The second-order valence-electron chi connectivity index (χ2n) is 2.99. The highest BCUT2D eigenvalue weighted by molar-refractivity contribution is 5.57. The van der Waals surface area contributed by atoms with E-state index in [1.54, 1.807) is 0 Å². The van der Waals surface area contributed by atoms with Crippen LogP contribution >= 0.6 is 0 Å². The molecule has 3 nitrogen and oxygen atoms in total. The Bertz CT molecular complexity index is 237. The summed E-state index contributed by atoms with van der Waals surface area (Å²) in [6.45, 7) is 4.00. The number of aldehydes is 1. The molecule has 0 aliphatic carbocycles. The summed E-state index contributed by atoms with van der Waals surface area (Å²) < 4.78 is 0. The zero-order valence-corrected chi connectivity index (χ0v) is 10.7. The Labute approximate surface area is 99.0 Å². The van der Waals surface area contributed by atoms with E-state index in [-0.39, 0.29) is 6.04 Å². The second-order valence-corrected chi connectivity index (χ2v) is 2.99. The Hall–Kier alpha value is -1.19. The third-order valence-electron chi connectivity index (χ3n) is 1.49. The second kappa shape index (κ2) is 13.8. The standard InChI is InChI=1S/C9H11NO.C2H7N.C2H6/c10-9(7-11)6-8-4-2-1-3-5-8;1-3-2;1-2/h1-5,7,9H,6,10H2;3H,1-2H3;1-2H3. The molecule has 0 aliphatic heterocycles. The monoisotopic (exact) mass is 224 g/mol. The van der Waals surface area contributed by atoms with Crippen LogP contribution in [0.15, 0.2) is 30.3 Å². The van der Waals surface area contributed by atoms with Crippen LogP contribution in [0.4, 0.5) is 0 Å². The quantitative estimate of drug-likeness (QED) is 0.767. The highest BCUT2D eigenvalue weighted by Crippen LogP contribution is 1.99. The maximum Gasteiger partial charge on any atom is 0.137 e. The van der Waals surface area contributed by atoms with Gasteiger partial charge in [-0.2, -0.15) is 0 Å². The minimum atomic E-state index is -0.364.